The molecule has 0 aromatic heterocycles. The minimum absolute atomic E-state index is 0.0138. The van der Waals surface area contributed by atoms with Gasteiger partial charge in [-0.2, -0.15) is 4.31 Å². The lowest BCUT2D eigenvalue weighted by atomic mass is 9.89. The van der Waals surface area contributed by atoms with Crippen LogP contribution in [0.25, 0.3) is 0 Å². The van der Waals surface area contributed by atoms with Gasteiger partial charge in [-0.15, -0.1) is 0 Å². The Morgan fingerprint density at radius 1 is 1.29 bits per heavy atom. The Labute approximate surface area is 127 Å². The van der Waals surface area contributed by atoms with Crippen molar-refractivity contribution in [3.05, 3.63) is 0 Å². The zero-order chi connectivity index (χ0) is 15.3. The molecule has 2 aliphatic rings. The highest BCUT2D eigenvalue weighted by atomic mass is 32.2. The van der Waals surface area contributed by atoms with Gasteiger partial charge in [0.25, 0.3) is 0 Å². The van der Waals surface area contributed by atoms with Gasteiger partial charge < -0.3 is 10.1 Å². The molecular formula is C14H26N2O4S. The van der Waals surface area contributed by atoms with E-state index in [4.69, 9.17) is 4.74 Å². The summed E-state index contributed by atoms with van der Waals surface area (Å²) in [6, 6.07) is -0.127. The van der Waals surface area contributed by atoms with E-state index in [1.165, 1.54) is 10.7 Å². The number of sulfonamides is 1. The van der Waals surface area contributed by atoms with Crippen molar-refractivity contribution in [1.29, 1.82) is 0 Å². The molecule has 1 atom stereocenters. The van der Waals surface area contributed by atoms with Crippen LogP contribution in [0.2, 0.25) is 0 Å². The van der Waals surface area contributed by atoms with Gasteiger partial charge in [0.15, 0.2) is 0 Å². The first kappa shape index (κ1) is 16.7. The molecule has 1 aliphatic carbocycles. The molecule has 2 rings (SSSR count). The number of nitrogens with zero attached hydrogens (tertiary/aromatic N) is 1. The molecule has 0 bridgehead atoms. The van der Waals surface area contributed by atoms with Crippen LogP contribution in [0.5, 0.6) is 0 Å². The molecule has 2 fully saturated rings. The summed E-state index contributed by atoms with van der Waals surface area (Å²) in [5.41, 5.74) is 0. The predicted molar refractivity (Wildman–Crippen MR) is 80.4 cm³/mol. The smallest absolute Gasteiger partial charge is 0.223 e. The van der Waals surface area contributed by atoms with Crippen LogP contribution in [-0.2, 0) is 19.6 Å². The summed E-state index contributed by atoms with van der Waals surface area (Å²) in [4.78, 5) is 12.0. The Kier molecular flexibility index (Phi) is 6.01. The normalized spacial score (nSPS) is 25.7. The number of rotatable bonds is 5. The Bertz CT molecular complexity index is 446. The third kappa shape index (κ3) is 4.66. The van der Waals surface area contributed by atoms with E-state index in [9.17, 15) is 13.2 Å². The van der Waals surface area contributed by atoms with Crippen LogP contribution < -0.4 is 5.32 Å². The molecule has 0 aromatic carbocycles. The van der Waals surface area contributed by atoms with Crippen LogP contribution in [0.15, 0.2) is 0 Å². The summed E-state index contributed by atoms with van der Waals surface area (Å²) >= 11 is 0. The molecule has 1 heterocycles. The topological polar surface area (TPSA) is 75.7 Å². The van der Waals surface area contributed by atoms with Gasteiger partial charge in [-0.05, 0) is 19.8 Å². The molecule has 1 saturated heterocycles. The standard InChI is InChI=1S/C14H26N2O4S/c1-12-11-20-9-8-16(12)21(18,19)10-7-15-14(17)13-5-3-2-4-6-13/h12-13H,2-11H2,1H3,(H,15,17). The van der Waals surface area contributed by atoms with Gasteiger partial charge in [0.1, 0.15) is 0 Å². The highest BCUT2D eigenvalue weighted by molar-refractivity contribution is 7.89. The van der Waals surface area contributed by atoms with Gasteiger partial charge in [0, 0.05) is 25.0 Å². The number of hydrogen-bond acceptors (Lipinski definition) is 4. The van der Waals surface area contributed by atoms with E-state index in [1.54, 1.807) is 0 Å². The fraction of sp³-hybridized carbons (Fsp3) is 0.929. The van der Waals surface area contributed by atoms with Crippen molar-refractivity contribution in [2.75, 3.05) is 32.1 Å². The lowest BCUT2D eigenvalue weighted by molar-refractivity contribution is -0.125. The number of carbonyl (C=O) groups is 1. The lowest BCUT2D eigenvalue weighted by Crippen LogP contribution is -2.49. The first-order chi connectivity index (χ1) is 10.0. The summed E-state index contributed by atoms with van der Waals surface area (Å²) in [7, 11) is -3.32. The molecular weight excluding hydrogens is 292 g/mol. The highest BCUT2D eigenvalue weighted by Gasteiger charge is 2.30. The maximum absolute atomic E-state index is 12.3. The van der Waals surface area contributed by atoms with Gasteiger partial charge in [-0.1, -0.05) is 19.3 Å². The van der Waals surface area contributed by atoms with Gasteiger partial charge >= 0.3 is 0 Å². The second kappa shape index (κ2) is 7.56. The molecule has 122 valence electrons. The number of amides is 1. The first-order valence-corrected chi connectivity index (χ1v) is 9.46. The summed E-state index contributed by atoms with van der Waals surface area (Å²) in [6.45, 7) is 3.32. The van der Waals surface area contributed by atoms with Crippen molar-refractivity contribution in [1.82, 2.24) is 9.62 Å². The fourth-order valence-corrected chi connectivity index (χ4v) is 4.61. The zero-order valence-corrected chi connectivity index (χ0v) is 13.5. The molecule has 0 spiro atoms. The molecule has 6 nitrogen and oxygen atoms in total. The second-order valence-electron chi connectivity index (χ2n) is 5.98. The largest absolute Gasteiger partial charge is 0.378 e. The van der Waals surface area contributed by atoms with Crippen LogP contribution in [0.1, 0.15) is 39.0 Å². The van der Waals surface area contributed by atoms with E-state index < -0.39 is 10.0 Å². The molecule has 1 saturated carbocycles. The molecule has 1 N–H and O–H groups in total. The van der Waals surface area contributed by atoms with Gasteiger partial charge in [0.05, 0.1) is 19.0 Å². The van der Waals surface area contributed by atoms with Gasteiger partial charge in [-0.25, -0.2) is 8.42 Å². The fourth-order valence-electron chi connectivity index (χ4n) is 3.05. The van der Waals surface area contributed by atoms with Gasteiger partial charge in [-0.3, -0.25) is 4.79 Å². The molecule has 0 aromatic rings. The summed E-state index contributed by atoms with van der Waals surface area (Å²) < 4.78 is 31.3. The predicted octanol–water partition coefficient (Wildman–Crippen LogP) is 0.733. The van der Waals surface area contributed by atoms with E-state index in [-0.39, 0.29) is 30.2 Å². The maximum atomic E-state index is 12.3. The number of nitrogens with one attached hydrogen (secondary N) is 1. The van der Waals surface area contributed by atoms with Crippen LogP contribution in [0, 0.1) is 5.92 Å². The van der Waals surface area contributed by atoms with Crippen molar-refractivity contribution in [2.24, 2.45) is 5.92 Å². The molecule has 7 heteroatoms. The average Bonchev–Trinajstić information content (AvgIpc) is 2.48. The SMILES string of the molecule is CC1COCCN1S(=O)(=O)CCNC(=O)C1CCCCC1. The van der Waals surface area contributed by atoms with E-state index >= 15 is 0 Å². The number of morpholine rings is 1. The van der Waals surface area contributed by atoms with Crippen molar-refractivity contribution in [3.8, 4) is 0 Å². The van der Waals surface area contributed by atoms with Crippen molar-refractivity contribution >= 4 is 15.9 Å². The summed E-state index contributed by atoms with van der Waals surface area (Å²) in [6.07, 6.45) is 5.26. The molecule has 1 aliphatic heterocycles. The van der Waals surface area contributed by atoms with Crippen LogP contribution in [0.3, 0.4) is 0 Å². The van der Waals surface area contributed by atoms with E-state index in [0.29, 0.717) is 19.8 Å². The average molecular weight is 318 g/mol. The minimum Gasteiger partial charge on any atom is -0.378 e. The number of ether oxygens (including phenoxy) is 1. The Morgan fingerprint density at radius 3 is 2.67 bits per heavy atom. The van der Waals surface area contributed by atoms with Crippen molar-refractivity contribution in [2.45, 2.75) is 45.1 Å². The second-order valence-corrected chi connectivity index (χ2v) is 8.02. The number of carbonyl (C=O) groups excluding carboxylic acids is 1. The molecule has 1 unspecified atom stereocenters. The minimum atomic E-state index is -3.32. The maximum Gasteiger partial charge on any atom is 0.223 e. The third-order valence-electron chi connectivity index (χ3n) is 4.30. The number of hydrogen-bond donors (Lipinski definition) is 1. The van der Waals surface area contributed by atoms with E-state index in [0.717, 1.165) is 25.7 Å². The van der Waals surface area contributed by atoms with E-state index in [1.807, 2.05) is 6.92 Å². The molecule has 0 radical (unpaired) electrons. The molecule has 21 heavy (non-hydrogen) atoms. The first-order valence-electron chi connectivity index (χ1n) is 7.85. The van der Waals surface area contributed by atoms with Crippen LogP contribution in [-0.4, -0.2) is 56.7 Å². The summed E-state index contributed by atoms with van der Waals surface area (Å²) in [5, 5.41) is 2.79. The Balaban J connectivity index is 1.77. The third-order valence-corrected chi connectivity index (χ3v) is 6.28. The summed E-state index contributed by atoms with van der Waals surface area (Å²) in [5.74, 6) is 0.0548. The van der Waals surface area contributed by atoms with Crippen LogP contribution >= 0.6 is 0 Å². The van der Waals surface area contributed by atoms with Gasteiger partial charge in [0.2, 0.25) is 15.9 Å². The molecule has 1 amide bonds. The van der Waals surface area contributed by atoms with Crippen molar-refractivity contribution in [3.63, 3.8) is 0 Å². The lowest BCUT2D eigenvalue weighted by Gasteiger charge is -2.32. The van der Waals surface area contributed by atoms with E-state index in [2.05, 4.69) is 5.32 Å². The Hall–Kier alpha value is -0.660. The zero-order valence-electron chi connectivity index (χ0n) is 12.7. The highest BCUT2D eigenvalue weighted by Crippen LogP contribution is 2.23. The van der Waals surface area contributed by atoms with Crippen LogP contribution in [0.4, 0.5) is 0 Å². The Morgan fingerprint density at radius 2 is 2.00 bits per heavy atom. The quantitative estimate of drug-likeness (QED) is 0.811. The van der Waals surface area contributed by atoms with Crippen molar-refractivity contribution < 1.29 is 17.9 Å². The monoisotopic (exact) mass is 318 g/mol.